The van der Waals surface area contributed by atoms with Crippen LogP contribution in [-0.2, 0) is 12.8 Å². The summed E-state index contributed by atoms with van der Waals surface area (Å²) in [5.41, 5.74) is 8.64. The van der Waals surface area contributed by atoms with Crippen LogP contribution in [0.15, 0.2) is 48.7 Å². The third-order valence-corrected chi connectivity index (χ3v) is 12.7. The first-order valence-corrected chi connectivity index (χ1v) is 17.5. The molecule has 0 spiro atoms. The lowest BCUT2D eigenvalue weighted by molar-refractivity contribution is 0.686. The first kappa shape index (κ1) is 19.0. The van der Waals surface area contributed by atoms with E-state index in [1.54, 1.807) is 26.7 Å². The first-order chi connectivity index (χ1) is 13.8. The van der Waals surface area contributed by atoms with Crippen LogP contribution in [0.25, 0.3) is 22.4 Å². The molecule has 148 valence electrons. The van der Waals surface area contributed by atoms with Crippen LogP contribution >= 0.6 is 0 Å². The van der Waals surface area contributed by atoms with Gasteiger partial charge in [0.05, 0.1) is 13.8 Å². The largest absolute Gasteiger partial charge is 0.256 e. The molecule has 29 heavy (non-hydrogen) atoms. The molecule has 1 nitrogen and oxygen atoms in total. The molecular formula is C26H31NSi2. The van der Waals surface area contributed by atoms with Gasteiger partial charge in [-0.25, -0.2) is 0 Å². The molecule has 0 fully saturated rings. The summed E-state index contributed by atoms with van der Waals surface area (Å²) in [5.74, 6) is 0. The van der Waals surface area contributed by atoms with Crippen molar-refractivity contribution in [1.29, 1.82) is 0 Å². The summed E-state index contributed by atoms with van der Waals surface area (Å²) in [6.07, 6.45) is 7.27. The van der Waals surface area contributed by atoms with Crippen molar-refractivity contribution < 1.29 is 0 Å². The van der Waals surface area contributed by atoms with Gasteiger partial charge in [-0.3, -0.25) is 4.98 Å². The molecule has 2 heterocycles. The minimum Gasteiger partial charge on any atom is -0.256 e. The molecule has 0 N–H and O–H groups in total. The Hall–Kier alpha value is -1.98. The number of hydrogen-bond acceptors (Lipinski definition) is 1. The lowest BCUT2D eigenvalue weighted by Crippen LogP contribution is -2.49. The Labute approximate surface area is 177 Å². The zero-order chi connectivity index (χ0) is 20.4. The quantitative estimate of drug-likeness (QED) is 0.540. The number of hydrogen-bond donors (Lipinski definition) is 0. The van der Waals surface area contributed by atoms with Gasteiger partial charge in [-0.1, -0.05) is 69.1 Å². The molecule has 0 saturated carbocycles. The molecule has 3 aromatic rings. The average Bonchev–Trinajstić information content (AvgIpc) is 2.93. The van der Waals surface area contributed by atoms with Gasteiger partial charge >= 0.3 is 0 Å². The Kier molecular flexibility index (Phi) is 4.27. The second-order valence-electron chi connectivity index (χ2n) is 10.4. The van der Waals surface area contributed by atoms with Gasteiger partial charge < -0.3 is 0 Å². The van der Waals surface area contributed by atoms with Gasteiger partial charge in [0, 0.05) is 11.8 Å². The highest BCUT2D eigenvalue weighted by Gasteiger charge is 2.37. The molecule has 2 aliphatic rings. The summed E-state index contributed by atoms with van der Waals surface area (Å²) in [6, 6.07) is 16.3. The molecule has 0 atom stereocenters. The van der Waals surface area contributed by atoms with Crippen molar-refractivity contribution in [2.24, 2.45) is 0 Å². The number of aromatic nitrogens is 1. The van der Waals surface area contributed by atoms with Gasteiger partial charge in [-0.15, -0.1) is 0 Å². The van der Waals surface area contributed by atoms with Gasteiger partial charge in [-0.2, -0.15) is 0 Å². The zero-order valence-electron chi connectivity index (χ0n) is 18.4. The van der Waals surface area contributed by atoms with Gasteiger partial charge in [-0.05, 0) is 69.6 Å². The van der Waals surface area contributed by atoms with Crippen molar-refractivity contribution in [3.63, 3.8) is 0 Å². The van der Waals surface area contributed by atoms with Gasteiger partial charge in [0.25, 0.3) is 0 Å². The summed E-state index contributed by atoms with van der Waals surface area (Å²) < 4.78 is 0. The number of fused-ring (bicyclic) bond motifs is 4. The van der Waals surface area contributed by atoms with Crippen molar-refractivity contribution in [2.45, 2.75) is 58.4 Å². The molecule has 0 unspecified atom stereocenters. The average molecular weight is 414 g/mol. The topological polar surface area (TPSA) is 12.9 Å². The highest BCUT2D eigenvalue weighted by molar-refractivity contribution is 7.03. The highest BCUT2D eigenvalue weighted by atomic mass is 28.3. The fourth-order valence-corrected chi connectivity index (χ4v) is 10.2. The van der Waals surface area contributed by atoms with E-state index in [1.165, 1.54) is 48.1 Å². The summed E-state index contributed by atoms with van der Waals surface area (Å²) in [7, 11) is -2.96. The van der Waals surface area contributed by atoms with Crippen molar-refractivity contribution in [3.8, 4) is 22.4 Å². The molecule has 0 radical (unpaired) electrons. The van der Waals surface area contributed by atoms with Crippen molar-refractivity contribution in [2.75, 3.05) is 0 Å². The van der Waals surface area contributed by atoms with E-state index in [0.29, 0.717) is 0 Å². The summed E-state index contributed by atoms with van der Waals surface area (Å²) in [4.78, 5) is 5.09. The van der Waals surface area contributed by atoms with Gasteiger partial charge in [0.15, 0.2) is 0 Å². The van der Waals surface area contributed by atoms with E-state index in [-0.39, 0.29) is 0 Å². The van der Waals surface area contributed by atoms with Crippen LogP contribution in [0.3, 0.4) is 0 Å². The van der Waals surface area contributed by atoms with Crippen LogP contribution in [0, 0.1) is 0 Å². The van der Waals surface area contributed by atoms with E-state index >= 15 is 0 Å². The third-order valence-electron chi connectivity index (χ3n) is 7.07. The van der Waals surface area contributed by atoms with Crippen LogP contribution < -0.4 is 15.6 Å². The molecule has 1 aromatic heterocycles. The molecule has 0 amide bonds. The van der Waals surface area contributed by atoms with E-state index < -0.39 is 16.1 Å². The van der Waals surface area contributed by atoms with Gasteiger partial charge in [0.2, 0.25) is 0 Å². The molecule has 5 rings (SSSR count). The Bertz CT molecular complexity index is 1120. The minimum atomic E-state index is -1.58. The Morgan fingerprint density at radius 2 is 1.52 bits per heavy atom. The normalized spacial score (nSPS) is 16.9. The smallest absolute Gasteiger partial charge is 0.113 e. The van der Waals surface area contributed by atoms with Crippen molar-refractivity contribution in [1.82, 2.24) is 4.98 Å². The van der Waals surface area contributed by atoms with E-state index in [0.717, 1.165) is 0 Å². The minimum absolute atomic E-state index is 1.18. The molecule has 2 aromatic carbocycles. The number of benzene rings is 2. The van der Waals surface area contributed by atoms with Crippen molar-refractivity contribution >= 4 is 31.7 Å². The van der Waals surface area contributed by atoms with Crippen LogP contribution in [0.1, 0.15) is 24.0 Å². The van der Waals surface area contributed by atoms with Crippen LogP contribution in [-0.4, -0.2) is 21.1 Å². The summed E-state index contributed by atoms with van der Waals surface area (Å²) in [5, 5.41) is 4.74. The number of nitrogens with zero attached hydrogens (tertiary/aromatic N) is 1. The van der Waals surface area contributed by atoms with E-state index in [1.807, 2.05) is 0 Å². The number of rotatable bonds is 2. The second kappa shape index (κ2) is 6.51. The van der Waals surface area contributed by atoms with Crippen LogP contribution in [0.4, 0.5) is 0 Å². The van der Waals surface area contributed by atoms with Crippen LogP contribution in [0.2, 0.25) is 32.7 Å². The van der Waals surface area contributed by atoms with E-state index in [2.05, 4.69) is 81.4 Å². The third kappa shape index (κ3) is 2.90. The highest BCUT2D eigenvalue weighted by Crippen LogP contribution is 2.34. The maximum atomic E-state index is 5.09. The predicted molar refractivity (Wildman–Crippen MR) is 131 cm³/mol. The second-order valence-corrected chi connectivity index (χ2v) is 19.7. The maximum absolute atomic E-state index is 5.09. The Morgan fingerprint density at radius 1 is 0.828 bits per heavy atom. The molecule has 1 aliphatic heterocycles. The fourth-order valence-electron chi connectivity index (χ4n) is 5.51. The summed E-state index contributed by atoms with van der Waals surface area (Å²) >= 11 is 0. The standard InChI is InChI=1S/C26H31NSi2/c1-28(2,3)25-17-27-26(21-12-7-6-10-19(21)25)18-14-15-24-22(16-18)20-11-8-9-13-23(20)29(24,4)5/h8-9,11,13-17H,6-7,10,12H2,1-5H3. The first-order valence-electron chi connectivity index (χ1n) is 11.0. The monoisotopic (exact) mass is 413 g/mol. The lowest BCUT2D eigenvalue weighted by Gasteiger charge is -2.27. The number of pyridine rings is 1. The van der Waals surface area contributed by atoms with E-state index in [9.17, 15) is 0 Å². The summed E-state index contributed by atoms with van der Waals surface area (Å²) in [6.45, 7) is 12.3. The predicted octanol–water partition coefficient (Wildman–Crippen LogP) is 4.98. The molecule has 3 heteroatoms. The Balaban J connectivity index is 1.70. The van der Waals surface area contributed by atoms with Crippen LogP contribution in [0.5, 0.6) is 0 Å². The van der Waals surface area contributed by atoms with Crippen molar-refractivity contribution in [3.05, 3.63) is 59.8 Å². The van der Waals surface area contributed by atoms with Gasteiger partial charge in [0.1, 0.15) is 8.07 Å². The Morgan fingerprint density at radius 3 is 2.28 bits per heavy atom. The molecule has 0 bridgehead atoms. The SMILES string of the molecule is C[Si](C)(C)c1cnc(-c2ccc3c(c2)-c2ccccc2[Si]3(C)C)c2c1CCCC2. The fraction of sp³-hybridized carbons (Fsp3) is 0.346. The zero-order valence-corrected chi connectivity index (χ0v) is 20.4. The molecule has 0 saturated heterocycles. The molecule has 1 aliphatic carbocycles. The maximum Gasteiger partial charge on any atom is 0.113 e. The van der Waals surface area contributed by atoms with E-state index in [4.69, 9.17) is 4.98 Å². The lowest BCUT2D eigenvalue weighted by atomic mass is 9.88. The molecular weight excluding hydrogens is 382 g/mol.